The lowest BCUT2D eigenvalue weighted by atomic mass is 9.84. The zero-order valence-electron chi connectivity index (χ0n) is 17.7. The van der Waals surface area contributed by atoms with Crippen molar-refractivity contribution in [2.24, 2.45) is 5.92 Å². The summed E-state index contributed by atoms with van der Waals surface area (Å²) in [5, 5.41) is 16.9. The van der Waals surface area contributed by atoms with Crippen LogP contribution in [0.3, 0.4) is 0 Å². The highest BCUT2D eigenvalue weighted by Gasteiger charge is 2.23. The molecule has 0 spiro atoms. The summed E-state index contributed by atoms with van der Waals surface area (Å²) in [6.45, 7) is 4.01. The number of fused-ring (bicyclic) bond motifs is 1. The molecule has 1 aliphatic carbocycles. The van der Waals surface area contributed by atoms with Crippen LogP contribution in [0.2, 0.25) is 0 Å². The minimum absolute atomic E-state index is 0.276. The molecular formula is C23H29N3O3S. The zero-order chi connectivity index (χ0) is 21.5. The number of hydrogen-bond donors (Lipinski definition) is 2. The third-order valence-electron chi connectivity index (χ3n) is 6.39. The fourth-order valence-electron chi connectivity index (χ4n) is 4.53. The van der Waals surface area contributed by atoms with E-state index in [0.717, 1.165) is 45.7 Å². The first-order chi connectivity index (χ1) is 14.3. The first-order valence-corrected chi connectivity index (χ1v) is 12.5. The number of nitrogens with zero attached hydrogens (tertiary/aromatic N) is 1. The van der Waals surface area contributed by atoms with Gasteiger partial charge in [-0.15, -0.1) is 0 Å². The second kappa shape index (κ2) is 7.95. The molecule has 30 heavy (non-hydrogen) atoms. The van der Waals surface area contributed by atoms with Gasteiger partial charge in [0.15, 0.2) is 9.84 Å². The first-order valence-electron chi connectivity index (χ1n) is 10.6. The van der Waals surface area contributed by atoms with E-state index in [-0.39, 0.29) is 4.90 Å². The second-order valence-corrected chi connectivity index (χ2v) is 10.5. The highest BCUT2D eigenvalue weighted by molar-refractivity contribution is 7.90. The van der Waals surface area contributed by atoms with Gasteiger partial charge < -0.3 is 10.5 Å². The molecular weight excluding hydrogens is 398 g/mol. The van der Waals surface area contributed by atoms with E-state index in [2.05, 4.69) is 17.2 Å². The van der Waals surface area contributed by atoms with E-state index in [0.29, 0.717) is 17.4 Å². The molecule has 0 bridgehead atoms. The molecule has 0 unspecified atom stereocenters. The minimum atomic E-state index is -3.35. The Bertz CT molecular complexity index is 1180. The number of aromatic amines is 1. The van der Waals surface area contributed by atoms with E-state index in [1.54, 1.807) is 25.3 Å². The molecule has 6 nitrogen and oxygen atoms in total. The van der Waals surface area contributed by atoms with E-state index < -0.39 is 9.84 Å². The molecule has 1 saturated carbocycles. The van der Waals surface area contributed by atoms with Gasteiger partial charge in [0.05, 0.1) is 16.5 Å². The fraction of sp³-hybridized carbons (Fsp3) is 0.435. The monoisotopic (exact) mass is 427 g/mol. The molecule has 2 heterocycles. The Morgan fingerprint density at radius 1 is 1.13 bits per heavy atom. The van der Waals surface area contributed by atoms with Gasteiger partial charge in [-0.1, -0.05) is 13.3 Å². The summed E-state index contributed by atoms with van der Waals surface area (Å²) >= 11 is 0. The van der Waals surface area contributed by atoms with Crippen LogP contribution in [0.15, 0.2) is 41.4 Å². The number of benzene rings is 1. The maximum atomic E-state index is 12.4. The van der Waals surface area contributed by atoms with Crippen LogP contribution in [0.4, 0.5) is 5.69 Å². The number of sulfone groups is 1. The van der Waals surface area contributed by atoms with Crippen molar-refractivity contribution < 1.29 is 13.1 Å². The van der Waals surface area contributed by atoms with Gasteiger partial charge in [0.2, 0.25) is 0 Å². The average molecular weight is 428 g/mol. The van der Waals surface area contributed by atoms with Crippen molar-refractivity contribution in [1.29, 1.82) is 0 Å². The average Bonchev–Trinajstić information content (AvgIpc) is 3.21. The maximum Gasteiger partial charge on any atom is 0.290 e. The lowest BCUT2D eigenvalue weighted by Crippen LogP contribution is -2.31. The van der Waals surface area contributed by atoms with Crippen molar-refractivity contribution in [3.63, 3.8) is 0 Å². The molecule has 3 aromatic rings. The summed E-state index contributed by atoms with van der Waals surface area (Å²) in [7, 11) is -3.35. The zero-order valence-corrected chi connectivity index (χ0v) is 18.6. The van der Waals surface area contributed by atoms with Gasteiger partial charge in [0, 0.05) is 29.1 Å². The van der Waals surface area contributed by atoms with Crippen LogP contribution in [0.5, 0.6) is 0 Å². The van der Waals surface area contributed by atoms with Crippen molar-refractivity contribution >= 4 is 26.6 Å². The third-order valence-corrected chi connectivity index (χ3v) is 7.50. The van der Waals surface area contributed by atoms with Crippen LogP contribution in [0.1, 0.15) is 44.7 Å². The van der Waals surface area contributed by atoms with Crippen molar-refractivity contribution in [3.8, 4) is 11.1 Å². The first kappa shape index (κ1) is 20.7. The van der Waals surface area contributed by atoms with Crippen molar-refractivity contribution in [2.45, 2.75) is 56.9 Å². The van der Waals surface area contributed by atoms with Crippen LogP contribution in [-0.2, 0) is 9.84 Å². The lowest BCUT2D eigenvalue weighted by molar-refractivity contribution is -0.586. The minimum Gasteiger partial charge on any atom is -0.710 e. The molecule has 1 aliphatic rings. The fourth-order valence-corrected chi connectivity index (χ4v) is 5.18. The molecule has 1 fully saturated rings. The van der Waals surface area contributed by atoms with Crippen LogP contribution in [0.25, 0.3) is 22.2 Å². The molecule has 0 amide bonds. The SMILES string of the molecule is CC[C@H]1CC[C@H](Nc2ccc(S(C)(=O)=O)cc2-c2cc(C)[n+]([O-])c3[nH]ccc23)CC1. The lowest BCUT2D eigenvalue weighted by Gasteiger charge is -2.30. The number of rotatable bonds is 5. The summed E-state index contributed by atoms with van der Waals surface area (Å²) in [6.07, 6.45) is 8.84. The number of anilines is 1. The van der Waals surface area contributed by atoms with Crippen LogP contribution in [-0.4, -0.2) is 25.7 Å². The highest BCUT2D eigenvalue weighted by atomic mass is 32.2. The number of aryl methyl sites for hydroxylation is 1. The standard InChI is InChI=1S/C23H29N3O3S/c1-4-16-5-7-17(8-6-16)25-22-10-9-18(30(3,28)29)14-21(22)20-13-15(2)26(27)23-19(20)11-12-24-23/h9-14,16-17,24-25H,4-8H2,1-3H3/t16-,17-. The van der Waals surface area contributed by atoms with Gasteiger partial charge in [-0.2, -0.15) is 0 Å². The number of H-pyrrole nitrogens is 1. The van der Waals surface area contributed by atoms with Gasteiger partial charge in [0.1, 0.15) is 5.69 Å². The van der Waals surface area contributed by atoms with Gasteiger partial charge in [-0.3, -0.25) is 0 Å². The molecule has 4 rings (SSSR count). The molecule has 2 aromatic heterocycles. The number of hydrogen-bond acceptors (Lipinski definition) is 4. The van der Waals surface area contributed by atoms with E-state index >= 15 is 0 Å². The summed E-state index contributed by atoms with van der Waals surface area (Å²) in [5.74, 6) is 0.805. The summed E-state index contributed by atoms with van der Waals surface area (Å²) in [5.41, 5.74) is 3.60. The van der Waals surface area contributed by atoms with E-state index in [1.807, 2.05) is 18.2 Å². The smallest absolute Gasteiger partial charge is 0.290 e. The highest BCUT2D eigenvalue weighted by Crippen LogP contribution is 2.37. The topological polar surface area (TPSA) is 88.9 Å². The molecule has 0 saturated heterocycles. The summed E-state index contributed by atoms with van der Waals surface area (Å²) in [4.78, 5) is 3.28. The largest absolute Gasteiger partial charge is 0.710 e. The predicted octanol–water partition coefficient (Wildman–Crippen LogP) is 4.56. The Kier molecular flexibility index (Phi) is 5.49. The Morgan fingerprint density at radius 3 is 2.53 bits per heavy atom. The second-order valence-electron chi connectivity index (χ2n) is 8.48. The predicted molar refractivity (Wildman–Crippen MR) is 120 cm³/mol. The Balaban J connectivity index is 1.81. The van der Waals surface area contributed by atoms with Crippen LogP contribution in [0, 0.1) is 18.0 Å². The van der Waals surface area contributed by atoms with Crippen molar-refractivity contribution in [2.75, 3.05) is 11.6 Å². The molecule has 7 heteroatoms. The third kappa shape index (κ3) is 3.90. The summed E-state index contributed by atoms with van der Waals surface area (Å²) in [6, 6.07) is 9.32. The number of pyridine rings is 1. The van der Waals surface area contributed by atoms with Gasteiger partial charge >= 0.3 is 0 Å². The van der Waals surface area contributed by atoms with Crippen LogP contribution < -0.4 is 10.0 Å². The number of nitrogens with one attached hydrogen (secondary N) is 2. The molecule has 1 aromatic carbocycles. The maximum absolute atomic E-state index is 12.4. The van der Waals surface area contributed by atoms with Gasteiger partial charge in [0.25, 0.3) is 5.65 Å². The van der Waals surface area contributed by atoms with Gasteiger partial charge in [-0.25, -0.2) is 18.1 Å². The Labute approximate surface area is 177 Å². The van der Waals surface area contributed by atoms with E-state index in [9.17, 15) is 13.6 Å². The van der Waals surface area contributed by atoms with E-state index in [4.69, 9.17) is 0 Å². The van der Waals surface area contributed by atoms with Crippen molar-refractivity contribution in [3.05, 3.63) is 47.4 Å². The van der Waals surface area contributed by atoms with E-state index in [1.165, 1.54) is 25.5 Å². The molecule has 2 N–H and O–H groups in total. The quantitative estimate of drug-likeness (QED) is 0.461. The normalized spacial score (nSPS) is 19.8. The number of aromatic nitrogens is 2. The molecule has 0 atom stereocenters. The molecule has 0 radical (unpaired) electrons. The van der Waals surface area contributed by atoms with Gasteiger partial charge in [-0.05, 0) is 68.9 Å². The summed E-state index contributed by atoms with van der Waals surface area (Å²) < 4.78 is 25.4. The molecule has 0 aliphatic heterocycles. The Hall–Kier alpha value is -2.54. The molecule has 160 valence electrons. The van der Waals surface area contributed by atoms with Crippen molar-refractivity contribution in [1.82, 2.24) is 4.98 Å². The Morgan fingerprint density at radius 2 is 1.87 bits per heavy atom. The van der Waals surface area contributed by atoms with Crippen LogP contribution >= 0.6 is 0 Å².